The summed E-state index contributed by atoms with van der Waals surface area (Å²) < 4.78 is 3.14. The van der Waals surface area contributed by atoms with Crippen molar-refractivity contribution in [1.82, 2.24) is 4.72 Å². The number of carbonyl (C=O) groups excluding carboxylic acids is 1. The van der Waals surface area contributed by atoms with E-state index in [1.54, 1.807) is 0 Å². The van der Waals surface area contributed by atoms with Crippen molar-refractivity contribution in [2.24, 2.45) is 0 Å². The minimum absolute atomic E-state index is 0.288. The predicted molar refractivity (Wildman–Crippen MR) is 58.5 cm³/mol. The standard InChI is InChI=1S/C10H10ClNOS/c11-8-3-1-2-4-9(8)14-12-10(7-13)5-6-10/h1-4,7,12H,5-6H2. The van der Waals surface area contributed by atoms with E-state index in [4.69, 9.17) is 11.6 Å². The molecule has 1 fully saturated rings. The van der Waals surface area contributed by atoms with E-state index in [1.165, 1.54) is 11.9 Å². The topological polar surface area (TPSA) is 29.1 Å². The average Bonchev–Trinajstić information content (AvgIpc) is 2.98. The zero-order valence-corrected chi connectivity index (χ0v) is 9.07. The minimum atomic E-state index is -0.288. The summed E-state index contributed by atoms with van der Waals surface area (Å²) in [7, 11) is 0. The summed E-state index contributed by atoms with van der Waals surface area (Å²) in [5, 5.41) is 0.715. The largest absolute Gasteiger partial charge is 0.301 e. The zero-order valence-electron chi connectivity index (χ0n) is 7.50. The van der Waals surface area contributed by atoms with Crippen molar-refractivity contribution in [3.8, 4) is 0 Å². The van der Waals surface area contributed by atoms with Crippen LogP contribution in [0.1, 0.15) is 12.8 Å². The SMILES string of the molecule is O=CC1(NSc2ccccc2Cl)CC1. The van der Waals surface area contributed by atoms with Crippen LogP contribution in [0.2, 0.25) is 5.02 Å². The fourth-order valence-corrected chi connectivity index (χ4v) is 2.19. The molecular formula is C10H10ClNOS. The lowest BCUT2D eigenvalue weighted by Crippen LogP contribution is -2.26. The van der Waals surface area contributed by atoms with Gasteiger partial charge in [-0.15, -0.1) is 0 Å². The van der Waals surface area contributed by atoms with Gasteiger partial charge in [0.1, 0.15) is 6.29 Å². The molecule has 0 aliphatic heterocycles. The van der Waals surface area contributed by atoms with Crippen LogP contribution in [0.4, 0.5) is 0 Å². The van der Waals surface area contributed by atoms with Crippen LogP contribution < -0.4 is 4.72 Å². The third-order valence-corrected chi connectivity index (χ3v) is 3.74. The van der Waals surface area contributed by atoms with Crippen LogP contribution in [0, 0.1) is 0 Å². The van der Waals surface area contributed by atoms with Crippen molar-refractivity contribution in [2.75, 3.05) is 0 Å². The summed E-state index contributed by atoms with van der Waals surface area (Å²) >= 11 is 7.40. The lowest BCUT2D eigenvalue weighted by atomic mass is 10.3. The Labute approximate surface area is 92.2 Å². The Kier molecular flexibility index (Phi) is 2.81. The molecule has 0 heterocycles. The van der Waals surface area contributed by atoms with Crippen LogP contribution in [0.25, 0.3) is 0 Å². The van der Waals surface area contributed by atoms with Crippen LogP contribution in [0.3, 0.4) is 0 Å². The van der Waals surface area contributed by atoms with Gasteiger partial charge in [-0.1, -0.05) is 23.7 Å². The predicted octanol–water partition coefficient (Wildman–Crippen LogP) is 2.67. The number of hydrogen-bond acceptors (Lipinski definition) is 3. The van der Waals surface area contributed by atoms with Crippen LogP contribution in [-0.4, -0.2) is 11.8 Å². The van der Waals surface area contributed by atoms with E-state index in [2.05, 4.69) is 4.72 Å². The molecule has 0 spiro atoms. The van der Waals surface area contributed by atoms with Gasteiger partial charge in [0, 0.05) is 4.90 Å². The molecule has 1 saturated carbocycles. The summed E-state index contributed by atoms with van der Waals surface area (Å²) in [6.45, 7) is 0. The molecule has 1 aromatic carbocycles. The van der Waals surface area contributed by atoms with Gasteiger partial charge in [-0.3, -0.25) is 0 Å². The first-order chi connectivity index (χ1) is 6.76. The van der Waals surface area contributed by atoms with E-state index in [0.717, 1.165) is 24.0 Å². The van der Waals surface area contributed by atoms with Crippen LogP contribution in [-0.2, 0) is 4.79 Å². The van der Waals surface area contributed by atoms with Crippen LogP contribution in [0.15, 0.2) is 29.2 Å². The number of rotatable bonds is 4. The van der Waals surface area contributed by atoms with E-state index in [-0.39, 0.29) is 5.54 Å². The molecule has 2 rings (SSSR count). The van der Waals surface area contributed by atoms with E-state index in [1.807, 2.05) is 24.3 Å². The highest BCUT2D eigenvalue weighted by Gasteiger charge is 2.42. The smallest absolute Gasteiger partial charge is 0.140 e. The molecular weight excluding hydrogens is 218 g/mol. The lowest BCUT2D eigenvalue weighted by Gasteiger charge is -2.09. The van der Waals surface area contributed by atoms with Crippen molar-refractivity contribution in [3.05, 3.63) is 29.3 Å². The molecule has 1 aliphatic carbocycles. The van der Waals surface area contributed by atoms with E-state index in [0.29, 0.717) is 5.02 Å². The molecule has 2 nitrogen and oxygen atoms in total. The van der Waals surface area contributed by atoms with Gasteiger partial charge < -0.3 is 4.79 Å². The number of hydrogen-bond donors (Lipinski definition) is 1. The maximum Gasteiger partial charge on any atom is 0.140 e. The first-order valence-corrected chi connectivity index (χ1v) is 5.60. The number of aldehydes is 1. The Morgan fingerprint density at radius 1 is 1.43 bits per heavy atom. The normalized spacial score (nSPS) is 17.8. The summed E-state index contributed by atoms with van der Waals surface area (Å²) in [6.07, 6.45) is 2.83. The molecule has 4 heteroatoms. The van der Waals surface area contributed by atoms with Gasteiger partial charge in [0.2, 0.25) is 0 Å². The number of nitrogens with one attached hydrogen (secondary N) is 1. The molecule has 1 aliphatic rings. The van der Waals surface area contributed by atoms with Crippen LogP contribution >= 0.6 is 23.5 Å². The third kappa shape index (κ3) is 2.11. The molecule has 0 amide bonds. The first kappa shape index (κ1) is 10.0. The van der Waals surface area contributed by atoms with Crippen molar-refractivity contribution in [1.29, 1.82) is 0 Å². The van der Waals surface area contributed by atoms with Gasteiger partial charge in [0.05, 0.1) is 10.6 Å². The highest BCUT2D eigenvalue weighted by molar-refractivity contribution is 7.97. The van der Waals surface area contributed by atoms with Crippen molar-refractivity contribution < 1.29 is 4.79 Å². The number of benzene rings is 1. The molecule has 0 saturated heterocycles. The van der Waals surface area contributed by atoms with Crippen LogP contribution in [0.5, 0.6) is 0 Å². The molecule has 0 bridgehead atoms. The molecule has 0 atom stereocenters. The quantitative estimate of drug-likeness (QED) is 0.634. The van der Waals surface area contributed by atoms with Crippen molar-refractivity contribution >= 4 is 29.8 Å². The summed E-state index contributed by atoms with van der Waals surface area (Å²) in [4.78, 5) is 11.6. The Balaban J connectivity index is 1.98. The van der Waals surface area contributed by atoms with E-state index in [9.17, 15) is 4.79 Å². The maximum atomic E-state index is 10.7. The molecule has 1 N–H and O–H groups in total. The second-order valence-corrected chi connectivity index (χ2v) is 4.66. The van der Waals surface area contributed by atoms with Gasteiger partial charge in [-0.05, 0) is 36.9 Å². The summed E-state index contributed by atoms with van der Waals surface area (Å²) in [5.41, 5.74) is -0.288. The Morgan fingerprint density at radius 2 is 2.14 bits per heavy atom. The van der Waals surface area contributed by atoms with Gasteiger partial charge in [-0.2, -0.15) is 0 Å². The second-order valence-electron chi connectivity index (χ2n) is 3.41. The maximum absolute atomic E-state index is 10.7. The van der Waals surface area contributed by atoms with E-state index < -0.39 is 0 Å². The molecule has 0 radical (unpaired) electrons. The average molecular weight is 228 g/mol. The van der Waals surface area contributed by atoms with Gasteiger partial charge in [0.25, 0.3) is 0 Å². The lowest BCUT2D eigenvalue weighted by molar-refractivity contribution is -0.109. The number of carbonyl (C=O) groups is 1. The Morgan fingerprint density at radius 3 is 2.71 bits per heavy atom. The van der Waals surface area contributed by atoms with E-state index >= 15 is 0 Å². The molecule has 1 aromatic rings. The highest BCUT2D eigenvalue weighted by atomic mass is 35.5. The Hall–Kier alpha value is -0.510. The Bertz CT molecular complexity index is 352. The van der Waals surface area contributed by atoms with Gasteiger partial charge in [-0.25, -0.2) is 4.72 Å². The molecule has 74 valence electrons. The highest BCUT2D eigenvalue weighted by Crippen LogP contribution is 2.37. The minimum Gasteiger partial charge on any atom is -0.301 e. The van der Waals surface area contributed by atoms with Crippen molar-refractivity contribution in [3.63, 3.8) is 0 Å². The fourth-order valence-electron chi connectivity index (χ4n) is 1.06. The monoisotopic (exact) mass is 227 g/mol. The van der Waals surface area contributed by atoms with Gasteiger partial charge in [0.15, 0.2) is 0 Å². The zero-order chi connectivity index (χ0) is 10.0. The summed E-state index contributed by atoms with van der Waals surface area (Å²) in [5.74, 6) is 0. The second kappa shape index (κ2) is 3.93. The first-order valence-electron chi connectivity index (χ1n) is 4.41. The van der Waals surface area contributed by atoms with Crippen molar-refractivity contribution in [2.45, 2.75) is 23.3 Å². The number of halogens is 1. The molecule has 0 unspecified atom stereocenters. The van der Waals surface area contributed by atoms with Gasteiger partial charge >= 0.3 is 0 Å². The fraction of sp³-hybridized carbons (Fsp3) is 0.300. The molecule has 14 heavy (non-hydrogen) atoms. The summed E-state index contributed by atoms with van der Waals surface area (Å²) in [6, 6.07) is 7.59. The molecule has 0 aromatic heterocycles. The third-order valence-electron chi connectivity index (χ3n) is 2.22.